The fourth-order valence-corrected chi connectivity index (χ4v) is 2.26. The van der Waals surface area contributed by atoms with Gasteiger partial charge < -0.3 is 4.90 Å². The minimum atomic E-state index is 0.591. The first-order chi connectivity index (χ1) is 8.00. The number of rotatable bonds is 0. The van der Waals surface area contributed by atoms with Gasteiger partial charge in [0.25, 0.3) is 0 Å². The second-order valence-electron chi connectivity index (χ2n) is 5.42. The summed E-state index contributed by atoms with van der Waals surface area (Å²) in [5.41, 5.74) is 0. The lowest BCUT2D eigenvalue weighted by atomic mass is 10.0. The number of piperazine rings is 1. The molecule has 2 aliphatic heterocycles. The van der Waals surface area contributed by atoms with Crippen LogP contribution >= 0.6 is 0 Å². The Labute approximate surface area is 106 Å². The van der Waals surface area contributed by atoms with E-state index >= 15 is 0 Å². The summed E-state index contributed by atoms with van der Waals surface area (Å²) in [6.07, 6.45) is 3.87. The van der Waals surface area contributed by atoms with Gasteiger partial charge in [0.1, 0.15) is 0 Å². The number of hydrazine groups is 2. The summed E-state index contributed by atoms with van der Waals surface area (Å²) in [5, 5.41) is 3.84. The van der Waals surface area contributed by atoms with Crippen LogP contribution in [0.1, 0.15) is 33.1 Å². The highest BCUT2D eigenvalue weighted by molar-refractivity contribution is 4.74. The van der Waals surface area contributed by atoms with E-state index in [1.165, 1.54) is 19.3 Å². The minimum absolute atomic E-state index is 0.591. The van der Waals surface area contributed by atoms with Crippen molar-refractivity contribution in [2.45, 2.75) is 45.2 Å². The van der Waals surface area contributed by atoms with E-state index < -0.39 is 0 Å². The summed E-state index contributed by atoms with van der Waals surface area (Å²) >= 11 is 0. The number of nitrogens with two attached hydrogens (primary N) is 2. The van der Waals surface area contributed by atoms with E-state index in [2.05, 4.69) is 25.8 Å². The molecule has 2 aliphatic rings. The summed E-state index contributed by atoms with van der Waals surface area (Å²) in [5.74, 6) is 11.3. The van der Waals surface area contributed by atoms with Crippen LogP contribution in [0.4, 0.5) is 0 Å². The molecule has 4 N–H and O–H groups in total. The fraction of sp³-hybridized carbons (Fsp3) is 1.00. The van der Waals surface area contributed by atoms with Crippen molar-refractivity contribution < 1.29 is 0 Å². The van der Waals surface area contributed by atoms with E-state index in [0.717, 1.165) is 26.2 Å². The quantitative estimate of drug-likeness (QED) is 0.596. The second-order valence-corrected chi connectivity index (χ2v) is 5.42. The number of nitrogens with zero attached hydrogens (tertiary/aromatic N) is 3. The van der Waals surface area contributed by atoms with Crippen LogP contribution in [-0.2, 0) is 0 Å². The fourth-order valence-electron chi connectivity index (χ4n) is 2.26. The number of hydrogen-bond acceptors (Lipinski definition) is 5. The third-order valence-electron chi connectivity index (χ3n) is 3.80. The SMILES string of the molecule is CC1CCCC(C)N1N.CN1CCN(N)CC1. The molecule has 0 amide bonds. The van der Waals surface area contributed by atoms with E-state index in [4.69, 9.17) is 11.7 Å². The van der Waals surface area contributed by atoms with Crippen LogP contribution < -0.4 is 11.7 Å². The molecule has 2 heterocycles. The van der Waals surface area contributed by atoms with Gasteiger partial charge in [-0.05, 0) is 33.7 Å². The number of hydrogen-bond donors (Lipinski definition) is 2. The zero-order chi connectivity index (χ0) is 12.8. The van der Waals surface area contributed by atoms with Gasteiger partial charge in [-0.3, -0.25) is 11.7 Å². The molecule has 0 aromatic rings. The molecule has 2 saturated heterocycles. The molecule has 5 nitrogen and oxygen atoms in total. The largest absolute Gasteiger partial charge is 0.304 e. The Hall–Kier alpha value is -0.200. The lowest BCUT2D eigenvalue weighted by Crippen LogP contribution is -2.48. The highest BCUT2D eigenvalue weighted by Gasteiger charge is 2.20. The Morgan fingerprint density at radius 1 is 0.882 bits per heavy atom. The molecule has 0 radical (unpaired) electrons. The number of piperidine rings is 1. The van der Waals surface area contributed by atoms with E-state index in [1.54, 1.807) is 0 Å². The molecule has 102 valence electrons. The molecule has 2 atom stereocenters. The smallest absolute Gasteiger partial charge is 0.0256 e. The van der Waals surface area contributed by atoms with Crippen LogP contribution in [0.25, 0.3) is 0 Å². The monoisotopic (exact) mass is 243 g/mol. The van der Waals surface area contributed by atoms with Gasteiger partial charge >= 0.3 is 0 Å². The summed E-state index contributed by atoms with van der Waals surface area (Å²) < 4.78 is 0. The van der Waals surface area contributed by atoms with Gasteiger partial charge in [-0.25, -0.2) is 10.0 Å². The topological polar surface area (TPSA) is 61.8 Å². The molecule has 0 bridgehead atoms. The van der Waals surface area contributed by atoms with Gasteiger partial charge in [-0.15, -0.1) is 0 Å². The third kappa shape index (κ3) is 5.31. The molecular formula is C12H29N5. The van der Waals surface area contributed by atoms with Crippen LogP contribution in [0.2, 0.25) is 0 Å². The van der Waals surface area contributed by atoms with Crippen LogP contribution in [0.5, 0.6) is 0 Å². The normalized spacial score (nSPS) is 33.0. The molecule has 0 aromatic heterocycles. The molecule has 0 saturated carbocycles. The Morgan fingerprint density at radius 2 is 1.35 bits per heavy atom. The van der Waals surface area contributed by atoms with Crippen molar-refractivity contribution in [2.75, 3.05) is 33.2 Å². The molecule has 17 heavy (non-hydrogen) atoms. The highest BCUT2D eigenvalue weighted by atomic mass is 15.4. The highest BCUT2D eigenvalue weighted by Crippen LogP contribution is 2.18. The second kappa shape index (κ2) is 7.28. The minimum Gasteiger partial charge on any atom is -0.304 e. The van der Waals surface area contributed by atoms with E-state index in [1.807, 2.05) is 10.0 Å². The average molecular weight is 243 g/mol. The van der Waals surface area contributed by atoms with Crippen LogP contribution in [0.15, 0.2) is 0 Å². The Kier molecular flexibility index (Phi) is 6.37. The molecular weight excluding hydrogens is 214 g/mol. The first-order valence-electron chi connectivity index (χ1n) is 6.72. The van der Waals surface area contributed by atoms with Gasteiger partial charge in [-0.2, -0.15) is 0 Å². The standard InChI is InChI=1S/C7H16N2.C5H13N3/c1-6-4-3-5-7(2)9(6)8;1-7-2-4-8(6)5-3-7/h6-7H,3-5,8H2,1-2H3;2-6H2,1H3. The van der Waals surface area contributed by atoms with Crippen LogP contribution in [0.3, 0.4) is 0 Å². The van der Waals surface area contributed by atoms with Crippen molar-refractivity contribution >= 4 is 0 Å². The van der Waals surface area contributed by atoms with E-state index in [0.29, 0.717) is 12.1 Å². The average Bonchev–Trinajstić information content (AvgIpc) is 2.31. The predicted octanol–water partition coefficient (Wildman–Crippen LogP) is 0.231. The first-order valence-corrected chi connectivity index (χ1v) is 6.72. The first kappa shape index (κ1) is 14.9. The molecule has 2 rings (SSSR count). The van der Waals surface area contributed by atoms with E-state index in [-0.39, 0.29) is 0 Å². The zero-order valence-electron chi connectivity index (χ0n) is 11.6. The number of likely N-dealkylation sites (N-methyl/N-ethyl adjacent to an activating group) is 1. The van der Waals surface area contributed by atoms with Gasteiger partial charge in [-0.1, -0.05) is 6.42 Å². The molecule has 0 spiro atoms. The Bertz CT molecular complexity index is 183. The maximum atomic E-state index is 5.76. The summed E-state index contributed by atoms with van der Waals surface area (Å²) in [7, 11) is 2.12. The van der Waals surface area contributed by atoms with Crippen LogP contribution in [-0.4, -0.2) is 60.2 Å². The zero-order valence-corrected chi connectivity index (χ0v) is 11.6. The third-order valence-corrected chi connectivity index (χ3v) is 3.80. The summed E-state index contributed by atoms with van der Waals surface area (Å²) in [4.78, 5) is 2.28. The summed E-state index contributed by atoms with van der Waals surface area (Å²) in [6, 6.07) is 1.18. The molecule has 0 aromatic carbocycles. The lowest BCUT2D eigenvalue weighted by Gasteiger charge is -2.34. The van der Waals surface area contributed by atoms with Crippen molar-refractivity contribution in [1.29, 1.82) is 0 Å². The van der Waals surface area contributed by atoms with Crippen molar-refractivity contribution in [2.24, 2.45) is 11.7 Å². The van der Waals surface area contributed by atoms with E-state index in [9.17, 15) is 0 Å². The predicted molar refractivity (Wildman–Crippen MR) is 72.1 cm³/mol. The molecule has 2 fully saturated rings. The van der Waals surface area contributed by atoms with Gasteiger partial charge in [0.2, 0.25) is 0 Å². The van der Waals surface area contributed by atoms with Crippen molar-refractivity contribution in [3.63, 3.8) is 0 Å². The maximum absolute atomic E-state index is 5.76. The Morgan fingerprint density at radius 3 is 1.71 bits per heavy atom. The van der Waals surface area contributed by atoms with Gasteiger partial charge in [0.15, 0.2) is 0 Å². The Balaban J connectivity index is 0.000000171. The molecule has 2 unspecified atom stereocenters. The maximum Gasteiger partial charge on any atom is 0.0256 e. The van der Waals surface area contributed by atoms with Crippen LogP contribution in [0, 0.1) is 0 Å². The molecule has 0 aliphatic carbocycles. The van der Waals surface area contributed by atoms with Gasteiger partial charge in [0, 0.05) is 38.3 Å². The van der Waals surface area contributed by atoms with Crippen molar-refractivity contribution in [1.82, 2.24) is 14.9 Å². The van der Waals surface area contributed by atoms with Crippen molar-refractivity contribution in [3.8, 4) is 0 Å². The molecule has 5 heteroatoms. The van der Waals surface area contributed by atoms with Crippen molar-refractivity contribution in [3.05, 3.63) is 0 Å². The lowest BCUT2D eigenvalue weighted by molar-refractivity contribution is 0.105. The van der Waals surface area contributed by atoms with Gasteiger partial charge in [0.05, 0.1) is 0 Å². The summed E-state index contributed by atoms with van der Waals surface area (Å²) in [6.45, 7) is 8.62.